The monoisotopic (exact) mass is 210 g/mol. The van der Waals surface area contributed by atoms with E-state index in [4.69, 9.17) is 4.42 Å². The van der Waals surface area contributed by atoms with Crippen LogP contribution < -0.4 is 5.32 Å². The largest absolute Gasteiger partial charge is 0.468 e. The molecule has 0 unspecified atom stereocenters. The van der Waals surface area contributed by atoms with Crippen molar-refractivity contribution in [3.8, 4) is 0 Å². The number of rotatable bonds is 4. The van der Waals surface area contributed by atoms with Gasteiger partial charge in [0.25, 0.3) is 0 Å². The molecule has 0 saturated carbocycles. The van der Waals surface area contributed by atoms with Crippen LogP contribution in [0.15, 0.2) is 16.7 Å². The predicted molar refractivity (Wildman–Crippen MR) is 62.7 cm³/mol. The summed E-state index contributed by atoms with van der Waals surface area (Å²) in [5, 5.41) is 3.43. The summed E-state index contributed by atoms with van der Waals surface area (Å²) in [6.07, 6.45) is 1.76. The van der Waals surface area contributed by atoms with Gasteiger partial charge in [0.15, 0.2) is 0 Å². The standard InChI is InChI=1S/C12H22N2O/c1-12(2,3)13-8-11-10(6-7-15-11)9-14(4)5/h6-7,13H,8-9H2,1-5H3. The Morgan fingerprint density at radius 3 is 2.53 bits per heavy atom. The number of nitrogens with zero attached hydrogens (tertiary/aromatic N) is 1. The van der Waals surface area contributed by atoms with Crippen molar-refractivity contribution in [2.75, 3.05) is 14.1 Å². The van der Waals surface area contributed by atoms with Crippen LogP contribution in [0.1, 0.15) is 32.1 Å². The zero-order chi connectivity index (χ0) is 11.5. The molecule has 0 aliphatic carbocycles. The van der Waals surface area contributed by atoms with Crippen LogP contribution in [0.3, 0.4) is 0 Å². The maximum atomic E-state index is 5.47. The fourth-order valence-corrected chi connectivity index (χ4v) is 1.35. The Hall–Kier alpha value is -0.800. The van der Waals surface area contributed by atoms with Gasteiger partial charge in [0.05, 0.1) is 12.8 Å². The van der Waals surface area contributed by atoms with Gasteiger partial charge in [-0.3, -0.25) is 0 Å². The van der Waals surface area contributed by atoms with E-state index in [1.807, 2.05) is 6.07 Å². The summed E-state index contributed by atoms with van der Waals surface area (Å²) in [6.45, 7) is 8.18. The molecule has 15 heavy (non-hydrogen) atoms. The van der Waals surface area contributed by atoms with Crippen molar-refractivity contribution < 1.29 is 4.42 Å². The summed E-state index contributed by atoms with van der Waals surface area (Å²) in [6, 6.07) is 2.04. The first-order valence-electron chi connectivity index (χ1n) is 5.33. The molecule has 1 rings (SSSR count). The number of hydrogen-bond donors (Lipinski definition) is 1. The highest BCUT2D eigenvalue weighted by atomic mass is 16.3. The van der Waals surface area contributed by atoms with Crippen LogP contribution in [0.5, 0.6) is 0 Å². The van der Waals surface area contributed by atoms with Gasteiger partial charge in [-0.2, -0.15) is 0 Å². The molecule has 86 valence electrons. The van der Waals surface area contributed by atoms with E-state index < -0.39 is 0 Å². The first-order chi connectivity index (χ1) is 6.88. The molecule has 0 spiro atoms. The van der Waals surface area contributed by atoms with E-state index in [9.17, 15) is 0 Å². The number of hydrogen-bond acceptors (Lipinski definition) is 3. The van der Waals surface area contributed by atoms with E-state index in [-0.39, 0.29) is 5.54 Å². The third-order valence-electron chi connectivity index (χ3n) is 2.10. The van der Waals surface area contributed by atoms with Crippen molar-refractivity contribution in [1.82, 2.24) is 10.2 Å². The Labute approximate surface area is 92.5 Å². The summed E-state index contributed by atoms with van der Waals surface area (Å²) >= 11 is 0. The smallest absolute Gasteiger partial charge is 0.122 e. The first kappa shape index (κ1) is 12.3. The van der Waals surface area contributed by atoms with Gasteiger partial charge in [-0.25, -0.2) is 0 Å². The molecule has 0 aliphatic rings. The van der Waals surface area contributed by atoms with Crippen LogP contribution in [-0.2, 0) is 13.1 Å². The predicted octanol–water partition coefficient (Wildman–Crippen LogP) is 2.23. The highest BCUT2D eigenvalue weighted by Gasteiger charge is 2.12. The molecule has 0 fully saturated rings. The van der Waals surface area contributed by atoms with Gasteiger partial charge >= 0.3 is 0 Å². The van der Waals surface area contributed by atoms with Gasteiger partial charge < -0.3 is 14.6 Å². The van der Waals surface area contributed by atoms with Crippen molar-refractivity contribution >= 4 is 0 Å². The van der Waals surface area contributed by atoms with Gasteiger partial charge in [-0.15, -0.1) is 0 Å². The van der Waals surface area contributed by atoms with E-state index in [2.05, 4.69) is 45.1 Å². The second-order valence-corrected chi connectivity index (χ2v) is 5.21. The Bertz CT molecular complexity index is 297. The molecule has 0 aliphatic heterocycles. The van der Waals surface area contributed by atoms with Crippen molar-refractivity contribution in [2.24, 2.45) is 0 Å². The molecule has 1 aromatic rings. The topological polar surface area (TPSA) is 28.4 Å². The van der Waals surface area contributed by atoms with Crippen molar-refractivity contribution in [1.29, 1.82) is 0 Å². The lowest BCUT2D eigenvalue weighted by atomic mass is 10.1. The van der Waals surface area contributed by atoms with Crippen LogP contribution in [0, 0.1) is 0 Å². The zero-order valence-corrected chi connectivity index (χ0v) is 10.4. The minimum atomic E-state index is 0.127. The molecule has 0 radical (unpaired) electrons. The highest BCUT2D eigenvalue weighted by Crippen LogP contribution is 2.13. The van der Waals surface area contributed by atoms with E-state index in [0.717, 1.165) is 18.8 Å². The van der Waals surface area contributed by atoms with Crippen LogP contribution in [0.4, 0.5) is 0 Å². The maximum absolute atomic E-state index is 5.47. The Morgan fingerprint density at radius 1 is 1.33 bits per heavy atom. The minimum Gasteiger partial charge on any atom is -0.468 e. The molecule has 0 atom stereocenters. The average Bonchev–Trinajstić information content (AvgIpc) is 2.46. The second-order valence-electron chi connectivity index (χ2n) is 5.21. The summed E-state index contributed by atoms with van der Waals surface area (Å²) in [5.41, 5.74) is 1.39. The van der Waals surface area contributed by atoms with Crippen LogP contribution in [-0.4, -0.2) is 24.5 Å². The normalized spacial score (nSPS) is 12.4. The van der Waals surface area contributed by atoms with Gasteiger partial charge in [-0.1, -0.05) is 0 Å². The molecule has 1 heterocycles. The SMILES string of the molecule is CN(C)Cc1ccoc1CNC(C)(C)C. The first-order valence-corrected chi connectivity index (χ1v) is 5.33. The lowest BCUT2D eigenvalue weighted by molar-refractivity contribution is 0.369. The molecule has 1 N–H and O–H groups in total. The molecule has 0 amide bonds. The molecular weight excluding hydrogens is 188 g/mol. The van der Waals surface area contributed by atoms with E-state index in [1.165, 1.54) is 5.56 Å². The highest BCUT2D eigenvalue weighted by molar-refractivity contribution is 5.16. The Balaban J connectivity index is 2.57. The van der Waals surface area contributed by atoms with E-state index in [0.29, 0.717) is 0 Å². The summed E-state index contributed by atoms with van der Waals surface area (Å²) < 4.78 is 5.47. The Morgan fingerprint density at radius 2 is 2.00 bits per heavy atom. The fraction of sp³-hybridized carbons (Fsp3) is 0.667. The lowest BCUT2D eigenvalue weighted by Gasteiger charge is -2.20. The van der Waals surface area contributed by atoms with Gasteiger partial charge in [0.1, 0.15) is 5.76 Å². The molecule has 0 saturated heterocycles. The molecule has 3 nitrogen and oxygen atoms in total. The maximum Gasteiger partial charge on any atom is 0.122 e. The van der Waals surface area contributed by atoms with Crippen LogP contribution >= 0.6 is 0 Å². The number of nitrogens with one attached hydrogen (secondary N) is 1. The zero-order valence-electron chi connectivity index (χ0n) is 10.4. The molecule has 0 aromatic carbocycles. The molecule has 3 heteroatoms. The summed E-state index contributed by atoms with van der Waals surface area (Å²) in [7, 11) is 4.13. The minimum absolute atomic E-state index is 0.127. The summed E-state index contributed by atoms with van der Waals surface area (Å²) in [4.78, 5) is 2.14. The van der Waals surface area contributed by atoms with Crippen LogP contribution in [0.2, 0.25) is 0 Å². The number of furan rings is 1. The van der Waals surface area contributed by atoms with Gasteiger partial charge in [0.2, 0.25) is 0 Å². The fourth-order valence-electron chi connectivity index (χ4n) is 1.35. The van der Waals surface area contributed by atoms with Gasteiger partial charge in [0, 0.05) is 17.6 Å². The lowest BCUT2D eigenvalue weighted by Crippen LogP contribution is -2.35. The van der Waals surface area contributed by atoms with E-state index >= 15 is 0 Å². The van der Waals surface area contributed by atoms with E-state index in [1.54, 1.807) is 6.26 Å². The van der Waals surface area contributed by atoms with Crippen molar-refractivity contribution in [3.05, 3.63) is 23.7 Å². The Kier molecular flexibility index (Phi) is 3.94. The third-order valence-corrected chi connectivity index (χ3v) is 2.10. The quantitative estimate of drug-likeness (QED) is 0.826. The molecule has 1 aromatic heterocycles. The second kappa shape index (κ2) is 4.81. The summed E-state index contributed by atoms with van der Waals surface area (Å²) in [5.74, 6) is 1.04. The average molecular weight is 210 g/mol. The third kappa shape index (κ3) is 4.49. The van der Waals surface area contributed by atoms with Crippen LogP contribution in [0.25, 0.3) is 0 Å². The van der Waals surface area contributed by atoms with Crippen molar-refractivity contribution in [3.63, 3.8) is 0 Å². The molecule has 0 bridgehead atoms. The van der Waals surface area contributed by atoms with Gasteiger partial charge in [-0.05, 0) is 40.9 Å². The van der Waals surface area contributed by atoms with Crippen molar-refractivity contribution in [2.45, 2.75) is 39.4 Å². The molecular formula is C12H22N2O.